The molecular weight excluding hydrogens is 414 g/mol. The fraction of sp³-hybridized carbons (Fsp3) is 0.636. The summed E-state index contributed by atoms with van der Waals surface area (Å²) in [4.78, 5) is 9.22. The average molecular weight is 450 g/mol. The Morgan fingerprint density at radius 3 is 2.53 bits per heavy atom. The number of hydrogen-bond acceptors (Lipinski definition) is 5. The summed E-state index contributed by atoms with van der Waals surface area (Å²) in [5.41, 5.74) is 8.26. The summed E-state index contributed by atoms with van der Waals surface area (Å²) in [5.74, 6) is 1.82. The van der Waals surface area contributed by atoms with Gasteiger partial charge in [-0.15, -0.1) is 0 Å². The SMILES string of the molecule is COCCN1CCN(c2ccc(NC(=S)/N=C(\N)SCC3CCCCC3)cc2)CC1. The van der Waals surface area contributed by atoms with E-state index in [0.717, 1.165) is 56.7 Å². The monoisotopic (exact) mass is 449 g/mol. The Kier molecular flexibility index (Phi) is 9.71. The number of nitrogens with two attached hydrogens (primary N) is 1. The van der Waals surface area contributed by atoms with E-state index in [2.05, 4.69) is 44.4 Å². The van der Waals surface area contributed by atoms with Crippen LogP contribution in [0.25, 0.3) is 0 Å². The number of hydrogen-bond donors (Lipinski definition) is 2. The second-order valence-electron chi connectivity index (χ2n) is 8.06. The van der Waals surface area contributed by atoms with Crippen molar-refractivity contribution in [1.29, 1.82) is 0 Å². The first-order chi connectivity index (χ1) is 14.6. The summed E-state index contributed by atoms with van der Waals surface area (Å²) < 4.78 is 5.17. The zero-order valence-electron chi connectivity index (χ0n) is 18.0. The Labute approximate surface area is 190 Å². The minimum atomic E-state index is 0.420. The van der Waals surface area contributed by atoms with Crippen molar-refractivity contribution in [1.82, 2.24) is 4.90 Å². The maximum absolute atomic E-state index is 6.08. The largest absolute Gasteiger partial charge is 0.383 e. The third-order valence-corrected chi connectivity index (χ3v) is 7.09. The second kappa shape index (κ2) is 12.5. The van der Waals surface area contributed by atoms with Crippen molar-refractivity contribution in [2.45, 2.75) is 32.1 Å². The van der Waals surface area contributed by atoms with E-state index < -0.39 is 0 Å². The number of nitrogens with zero attached hydrogens (tertiary/aromatic N) is 3. The molecule has 0 aromatic heterocycles. The third-order valence-electron chi connectivity index (χ3n) is 5.87. The molecule has 0 atom stereocenters. The quantitative estimate of drug-likeness (QED) is 0.373. The lowest BCUT2D eigenvalue weighted by atomic mass is 9.91. The summed E-state index contributed by atoms with van der Waals surface area (Å²) in [6, 6.07) is 8.39. The van der Waals surface area contributed by atoms with Gasteiger partial charge in [0.15, 0.2) is 10.3 Å². The highest BCUT2D eigenvalue weighted by Crippen LogP contribution is 2.26. The molecule has 3 N–H and O–H groups in total. The topological polar surface area (TPSA) is 66.1 Å². The zero-order chi connectivity index (χ0) is 21.2. The van der Waals surface area contributed by atoms with Crippen molar-refractivity contribution >= 4 is 45.6 Å². The minimum absolute atomic E-state index is 0.420. The van der Waals surface area contributed by atoms with E-state index in [4.69, 9.17) is 22.7 Å². The number of anilines is 2. The molecule has 1 saturated heterocycles. The number of aliphatic imine (C=N–C) groups is 1. The number of rotatable bonds is 7. The van der Waals surface area contributed by atoms with Crippen LogP contribution in [-0.4, -0.2) is 67.4 Å². The van der Waals surface area contributed by atoms with E-state index in [1.54, 1.807) is 18.9 Å². The van der Waals surface area contributed by atoms with E-state index in [-0.39, 0.29) is 0 Å². The summed E-state index contributed by atoms with van der Waals surface area (Å²) >= 11 is 7.00. The van der Waals surface area contributed by atoms with Crippen LogP contribution in [0.2, 0.25) is 0 Å². The lowest BCUT2D eigenvalue weighted by Crippen LogP contribution is -2.47. The van der Waals surface area contributed by atoms with Crippen molar-refractivity contribution in [3.8, 4) is 0 Å². The van der Waals surface area contributed by atoms with Gasteiger partial charge >= 0.3 is 0 Å². The summed E-state index contributed by atoms with van der Waals surface area (Å²) in [6.07, 6.45) is 6.71. The molecule has 8 heteroatoms. The third kappa shape index (κ3) is 7.72. The van der Waals surface area contributed by atoms with Crippen LogP contribution < -0.4 is 16.0 Å². The number of benzene rings is 1. The second-order valence-corrected chi connectivity index (χ2v) is 9.49. The zero-order valence-corrected chi connectivity index (χ0v) is 19.6. The maximum atomic E-state index is 6.08. The molecule has 6 nitrogen and oxygen atoms in total. The van der Waals surface area contributed by atoms with Crippen LogP contribution in [0, 0.1) is 5.92 Å². The normalized spacial score (nSPS) is 19.1. The first-order valence-electron chi connectivity index (χ1n) is 11.0. The molecule has 1 aliphatic heterocycles. The van der Waals surface area contributed by atoms with Crippen LogP contribution in [0.1, 0.15) is 32.1 Å². The van der Waals surface area contributed by atoms with E-state index in [1.165, 1.54) is 37.8 Å². The number of piperazine rings is 1. The molecule has 0 amide bonds. The summed E-state index contributed by atoms with van der Waals surface area (Å²) in [7, 11) is 1.76. The standard InChI is InChI=1S/C22H35N5OS2/c1-28-16-15-26-11-13-27(14-12-26)20-9-7-19(8-10-20)24-22(29)25-21(23)30-17-18-5-3-2-4-6-18/h7-10,18H,2-6,11-17H2,1H3,(H3,23,24,25,29). The lowest BCUT2D eigenvalue weighted by molar-refractivity contribution is 0.144. The van der Waals surface area contributed by atoms with E-state index in [0.29, 0.717) is 10.3 Å². The van der Waals surface area contributed by atoms with E-state index >= 15 is 0 Å². The van der Waals surface area contributed by atoms with Crippen LogP contribution >= 0.6 is 24.0 Å². The van der Waals surface area contributed by atoms with Gasteiger partial charge in [-0.2, -0.15) is 4.99 Å². The molecule has 2 fully saturated rings. The molecule has 0 spiro atoms. The Morgan fingerprint density at radius 1 is 1.17 bits per heavy atom. The van der Waals surface area contributed by atoms with Crippen LogP contribution in [0.15, 0.2) is 29.3 Å². The number of amidine groups is 1. The molecule has 0 bridgehead atoms. The predicted molar refractivity (Wildman–Crippen MR) is 134 cm³/mol. The average Bonchev–Trinajstić information content (AvgIpc) is 2.78. The highest BCUT2D eigenvalue weighted by molar-refractivity contribution is 8.13. The molecule has 166 valence electrons. The van der Waals surface area contributed by atoms with Crippen molar-refractivity contribution < 1.29 is 4.74 Å². The van der Waals surface area contributed by atoms with Crippen LogP contribution in [0.3, 0.4) is 0 Å². The Hall–Kier alpha value is -1.35. The fourth-order valence-corrected chi connectivity index (χ4v) is 5.22. The molecule has 3 rings (SSSR count). The molecule has 30 heavy (non-hydrogen) atoms. The highest BCUT2D eigenvalue weighted by Gasteiger charge is 2.17. The van der Waals surface area contributed by atoms with Crippen molar-refractivity contribution in [3.63, 3.8) is 0 Å². The number of methoxy groups -OCH3 is 1. The molecule has 0 radical (unpaired) electrons. The van der Waals surface area contributed by atoms with Gasteiger partial charge in [0.05, 0.1) is 6.61 Å². The van der Waals surface area contributed by atoms with Crippen LogP contribution in [0.4, 0.5) is 11.4 Å². The van der Waals surface area contributed by atoms with Gasteiger partial charge in [-0.1, -0.05) is 31.0 Å². The van der Waals surface area contributed by atoms with Crippen LogP contribution in [0.5, 0.6) is 0 Å². The number of nitrogens with one attached hydrogen (secondary N) is 1. The minimum Gasteiger partial charge on any atom is -0.383 e. The van der Waals surface area contributed by atoms with Gasteiger partial charge in [-0.25, -0.2) is 0 Å². The van der Waals surface area contributed by atoms with Crippen molar-refractivity contribution in [3.05, 3.63) is 24.3 Å². The fourth-order valence-electron chi connectivity index (χ4n) is 4.05. The lowest BCUT2D eigenvalue weighted by Gasteiger charge is -2.36. The van der Waals surface area contributed by atoms with Gasteiger partial charge in [0.25, 0.3) is 0 Å². The first-order valence-corrected chi connectivity index (χ1v) is 12.4. The van der Waals surface area contributed by atoms with Gasteiger partial charge in [-0.05, 0) is 55.2 Å². The predicted octanol–water partition coefficient (Wildman–Crippen LogP) is 3.78. The molecule has 1 aliphatic carbocycles. The number of thioether (sulfide) groups is 1. The molecule has 1 heterocycles. The molecule has 0 unspecified atom stereocenters. The molecule has 2 aliphatic rings. The number of ether oxygens (including phenoxy) is 1. The molecule has 1 aromatic rings. The first kappa shape index (κ1) is 23.3. The highest BCUT2D eigenvalue weighted by atomic mass is 32.2. The van der Waals surface area contributed by atoms with Crippen molar-refractivity contribution in [2.75, 3.05) is 62.4 Å². The van der Waals surface area contributed by atoms with Gasteiger partial charge in [-0.3, -0.25) is 4.90 Å². The van der Waals surface area contributed by atoms with Crippen LogP contribution in [-0.2, 0) is 4.74 Å². The number of thiocarbonyl (C=S) groups is 1. The Bertz CT molecular complexity index is 683. The molecular formula is C22H35N5OS2. The Morgan fingerprint density at radius 2 is 1.87 bits per heavy atom. The van der Waals surface area contributed by atoms with Gasteiger partial charge < -0.3 is 20.7 Å². The summed E-state index contributed by atoms with van der Waals surface area (Å²) in [6.45, 7) is 6.02. The smallest absolute Gasteiger partial charge is 0.199 e. The Balaban J connectivity index is 1.41. The molecule has 1 aromatic carbocycles. The molecule has 1 saturated carbocycles. The van der Waals surface area contributed by atoms with Gasteiger partial charge in [0, 0.05) is 57.0 Å². The maximum Gasteiger partial charge on any atom is 0.199 e. The van der Waals surface area contributed by atoms with Gasteiger partial charge in [0.2, 0.25) is 0 Å². The van der Waals surface area contributed by atoms with Gasteiger partial charge in [0.1, 0.15) is 0 Å². The van der Waals surface area contributed by atoms with E-state index in [9.17, 15) is 0 Å². The van der Waals surface area contributed by atoms with Crippen molar-refractivity contribution in [2.24, 2.45) is 16.6 Å². The van der Waals surface area contributed by atoms with E-state index in [1.807, 2.05) is 0 Å². The summed E-state index contributed by atoms with van der Waals surface area (Å²) in [5, 5.41) is 4.16.